The highest BCUT2D eigenvalue weighted by Crippen LogP contribution is 2.26. The third kappa shape index (κ3) is 8.37. The number of nitrogens with one attached hydrogen (secondary N) is 2. The Labute approximate surface area is 130 Å². The largest absolute Gasteiger partial charge is 0.356 e. The Morgan fingerprint density at radius 1 is 1.32 bits per heavy atom. The molecule has 2 N–H and O–H groups in total. The summed E-state index contributed by atoms with van der Waals surface area (Å²) in [6.45, 7) is 1.66. The fourth-order valence-electron chi connectivity index (χ4n) is 1.40. The zero-order chi connectivity index (χ0) is 13.2. The van der Waals surface area contributed by atoms with Gasteiger partial charge in [-0.05, 0) is 32.1 Å². The lowest BCUT2D eigenvalue weighted by Crippen LogP contribution is -2.26. The van der Waals surface area contributed by atoms with Crippen LogP contribution in [-0.2, 0) is 4.79 Å². The van der Waals surface area contributed by atoms with Gasteiger partial charge in [0, 0.05) is 23.6 Å². The summed E-state index contributed by atoms with van der Waals surface area (Å²) in [5, 5.41) is 6.68. The van der Waals surface area contributed by atoms with Crippen LogP contribution in [0.2, 0.25) is 5.02 Å². The normalized spacial score (nSPS) is 9.79. The SMILES string of the molecule is CNCCCNC(=O)CCSc1ccccc1Cl.Cl. The van der Waals surface area contributed by atoms with Crippen LogP contribution < -0.4 is 10.6 Å². The quantitative estimate of drug-likeness (QED) is 0.571. The first-order valence-corrected chi connectivity index (χ1v) is 7.39. The molecule has 19 heavy (non-hydrogen) atoms. The summed E-state index contributed by atoms with van der Waals surface area (Å²) in [6.07, 6.45) is 1.48. The van der Waals surface area contributed by atoms with Crippen molar-refractivity contribution in [3.63, 3.8) is 0 Å². The standard InChI is InChI=1S/C13H19ClN2OS.ClH/c1-15-8-4-9-16-13(17)7-10-18-12-6-3-2-5-11(12)14;/h2-3,5-6,15H,4,7-10H2,1H3,(H,16,17);1H. The number of benzene rings is 1. The molecule has 0 atom stereocenters. The molecular formula is C13H20Cl2N2OS. The highest BCUT2D eigenvalue weighted by atomic mass is 35.5. The molecular weight excluding hydrogens is 303 g/mol. The fraction of sp³-hybridized carbons (Fsp3) is 0.462. The van der Waals surface area contributed by atoms with E-state index in [4.69, 9.17) is 11.6 Å². The summed E-state index contributed by atoms with van der Waals surface area (Å²) in [4.78, 5) is 12.5. The molecule has 1 amide bonds. The fourth-order valence-corrected chi connectivity index (χ4v) is 2.58. The predicted molar refractivity (Wildman–Crippen MR) is 85.6 cm³/mol. The summed E-state index contributed by atoms with van der Waals surface area (Å²) in [7, 11) is 1.90. The van der Waals surface area contributed by atoms with E-state index in [1.54, 1.807) is 11.8 Å². The lowest BCUT2D eigenvalue weighted by Gasteiger charge is -2.05. The Balaban J connectivity index is 0.00000324. The molecule has 0 spiro atoms. The first kappa shape index (κ1) is 18.6. The Bertz CT molecular complexity index is 377. The molecule has 1 aromatic carbocycles. The number of carbonyl (C=O) groups excluding carboxylic acids is 1. The van der Waals surface area contributed by atoms with E-state index >= 15 is 0 Å². The summed E-state index contributed by atoms with van der Waals surface area (Å²) in [5.41, 5.74) is 0. The van der Waals surface area contributed by atoms with Crippen LogP contribution in [0.1, 0.15) is 12.8 Å². The Morgan fingerprint density at radius 3 is 2.74 bits per heavy atom. The topological polar surface area (TPSA) is 41.1 Å². The Hall–Kier alpha value is -0.420. The lowest BCUT2D eigenvalue weighted by molar-refractivity contribution is -0.120. The molecule has 0 aliphatic heterocycles. The molecule has 0 fully saturated rings. The minimum absolute atomic E-state index is 0. The second-order valence-corrected chi connectivity index (χ2v) is 5.38. The first-order chi connectivity index (χ1) is 8.74. The molecule has 0 bridgehead atoms. The van der Waals surface area contributed by atoms with Gasteiger partial charge in [-0.2, -0.15) is 0 Å². The van der Waals surface area contributed by atoms with E-state index in [2.05, 4.69) is 10.6 Å². The molecule has 0 aromatic heterocycles. The number of hydrogen-bond donors (Lipinski definition) is 2. The smallest absolute Gasteiger partial charge is 0.220 e. The second-order valence-electron chi connectivity index (χ2n) is 3.84. The molecule has 3 nitrogen and oxygen atoms in total. The summed E-state index contributed by atoms with van der Waals surface area (Å²) >= 11 is 7.64. The Morgan fingerprint density at radius 2 is 2.05 bits per heavy atom. The van der Waals surface area contributed by atoms with Gasteiger partial charge < -0.3 is 10.6 Å². The lowest BCUT2D eigenvalue weighted by atomic mass is 10.4. The van der Waals surface area contributed by atoms with E-state index in [1.807, 2.05) is 31.3 Å². The van der Waals surface area contributed by atoms with Crippen molar-refractivity contribution in [3.05, 3.63) is 29.3 Å². The van der Waals surface area contributed by atoms with Crippen LogP contribution in [0.3, 0.4) is 0 Å². The number of amides is 1. The van der Waals surface area contributed by atoms with Crippen molar-refractivity contribution in [3.8, 4) is 0 Å². The van der Waals surface area contributed by atoms with Gasteiger partial charge in [0.25, 0.3) is 0 Å². The zero-order valence-electron chi connectivity index (χ0n) is 10.9. The van der Waals surface area contributed by atoms with Gasteiger partial charge in [-0.3, -0.25) is 4.79 Å². The molecule has 1 rings (SSSR count). The summed E-state index contributed by atoms with van der Waals surface area (Å²) in [5.74, 6) is 0.854. The summed E-state index contributed by atoms with van der Waals surface area (Å²) in [6, 6.07) is 7.69. The van der Waals surface area contributed by atoms with Crippen LogP contribution in [0.15, 0.2) is 29.2 Å². The van der Waals surface area contributed by atoms with E-state index in [0.717, 1.165) is 35.2 Å². The van der Waals surface area contributed by atoms with Crippen molar-refractivity contribution < 1.29 is 4.79 Å². The molecule has 0 radical (unpaired) electrons. The van der Waals surface area contributed by atoms with E-state index in [0.29, 0.717) is 6.42 Å². The maximum atomic E-state index is 11.5. The minimum atomic E-state index is 0. The molecule has 1 aromatic rings. The van der Waals surface area contributed by atoms with Crippen LogP contribution >= 0.6 is 35.8 Å². The van der Waals surface area contributed by atoms with Crippen LogP contribution in [0.5, 0.6) is 0 Å². The average molecular weight is 323 g/mol. The maximum absolute atomic E-state index is 11.5. The van der Waals surface area contributed by atoms with Crippen LogP contribution in [-0.4, -0.2) is 31.8 Å². The van der Waals surface area contributed by atoms with Crippen LogP contribution in [0.4, 0.5) is 0 Å². The molecule has 108 valence electrons. The average Bonchev–Trinajstić information content (AvgIpc) is 2.37. The first-order valence-electron chi connectivity index (χ1n) is 6.02. The second kappa shape index (κ2) is 11.4. The van der Waals surface area contributed by atoms with E-state index in [1.165, 1.54) is 0 Å². The van der Waals surface area contributed by atoms with Gasteiger partial charge in [0.15, 0.2) is 0 Å². The minimum Gasteiger partial charge on any atom is -0.356 e. The highest BCUT2D eigenvalue weighted by molar-refractivity contribution is 7.99. The maximum Gasteiger partial charge on any atom is 0.220 e. The predicted octanol–water partition coefficient (Wildman–Crippen LogP) is 2.97. The van der Waals surface area contributed by atoms with Crippen molar-refractivity contribution >= 4 is 41.7 Å². The molecule has 0 unspecified atom stereocenters. The molecule has 0 saturated heterocycles. The highest BCUT2D eigenvalue weighted by Gasteiger charge is 2.03. The molecule has 0 aliphatic rings. The van der Waals surface area contributed by atoms with E-state index in [9.17, 15) is 4.79 Å². The van der Waals surface area contributed by atoms with E-state index < -0.39 is 0 Å². The number of hydrogen-bond acceptors (Lipinski definition) is 3. The molecule has 0 aliphatic carbocycles. The zero-order valence-corrected chi connectivity index (χ0v) is 13.3. The number of halogens is 2. The van der Waals surface area contributed by atoms with Crippen molar-refractivity contribution in [2.24, 2.45) is 0 Å². The van der Waals surface area contributed by atoms with Crippen molar-refractivity contribution in [1.29, 1.82) is 0 Å². The molecule has 6 heteroatoms. The van der Waals surface area contributed by atoms with Gasteiger partial charge >= 0.3 is 0 Å². The van der Waals surface area contributed by atoms with Crippen LogP contribution in [0.25, 0.3) is 0 Å². The van der Waals surface area contributed by atoms with Gasteiger partial charge in [0.1, 0.15) is 0 Å². The molecule has 0 heterocycles. The summed E-state index contributed by atoms with van der Waals surface area (Å²) < 4.78 is 0. The van der Waals surface area contributed by atoms with Crippen LogP contribution in [0, 0.1) is 0 Å². The van der Waals surface area contributed by atoms with Crippen molar-refractivity contribution in [1.82, 2.24) is 10.6 Å². The molecule has 0 saturated carbocycles. The van der Waals surface area contributed by atoms with Gasteiger partial charge in [-0.1, -0.05) is 23.7 Å². The Kier molecular flexibility index (Phi) is 11.2. The third-order valence-corrected chi connectivity index (χ3v) is 3.87. The number of carbonyl (C=O) groups is 1. The van der Waals surface area contributed by atoms with Crippen molar-refractivity contribution in [2.75, 3.05) is 25.9 Å². The number of rotatable bonds is 8. The van der Waals surface area contributed by atoms with Gasteiger partial charge in [-0.15, -0.1) is 24.2 Å². The van der Waals surface area contributed by atoms with Gasteiger partial charge in [-0.25, -0.2) is 0 Å². The van der Waals surface area contributed by atoms with Gasteiger partial charge in [0.05, 0.1) is 5.02 Å². The monoisotopic (exact) mass is 322 g/mol. The van der Waals surface area contributed by atoms with Gasteiger partial charge in [0.2, 0.25) is 5.91 Å². The van der Waals surface area contributed by atoms with Crippen molar-refractivity contribution in [2.45, 2.75) is 17.7 Å². The third-order valence-electron chi connectivity index (χ3n) is 2.35. The van der Waals surface area contributed by atoms with E-state index in [-0.39, 0.29) is 18.3 Å². The number of thioether (sulfide) groups is 1.